The van der Waals surface area contributed by atoms with E-state index in [1.807, 2.05) is 12.1 Å². The van der Waals surface area contributed by atoms with Crippen LogP contribution in [0.2, 0.25) is 0 Å². The van der Waals surface area contributed by atoms with Crippen LogP contribution in [0.15, 0.2) is 41.3 Å². The summed E-state index contributed by atoms with van der Waals surface area (Å²) in [5.74, 6) is 0.671. The first kappa shape index (κ1) is 25.2. The topological polar surface area (TPSA) is 110 Å². The van der Waals surface area contributed by atoms with E-state index >= 15 is 0 Å². The molecule has 0 saturated heterocycles. The summed E-state index contributed by atoms with van der Waals surface area (Å²) in [6, 6.07) is 10.2. The Kier molecular flexibility index (Phi) is 5.99. The van der Waals surface area contributed by atoms with E-state index in [1.54, 1.807) is 24.3 Å². The van der Waals surface area contributed by atoms with Crippen LogP contribution in [-0.2, 0) is 21.9 Å². The second-order valence-corrected chi connectivity index (χ2v) is 14.0. The summed E-state index contributed by atoms with van der Waals surface area (Å²) in [7, 11) is -3.65. The number of nitro groups is 1. The summed E-state index contributed by atoms with van der Waals surface area (Å²) in [5, 5.41) is 21.6. The van der Waals surface area contributed by atoms with E-state index in [9.17, 15) is 23.6 Å². The first-order chi connectivity index (χ1) is 16.8. The Hall–Kier alpha value is -2.45. The van der Waals surface area contributed by atoms with Crippen LogP contribution in [0.4, 0.5) is 5.69 Å². The minimum Gasteiger partial charge on any atom is -0.502 e. The molecule has 2 saturated carbocycles. The number of nitrogens with one attached hydrogen (secondary N) is 1. The van der Waals surface area contributed by atoms with E-state index in [4.69, 9.17) is 0 Å². The van der Waals surface area contributed by atoms with Crippen LogP contribution in [-0.4, -0.2) is 24.5 Å². The van der Waals surface area contributed by atoms with Crippen molar-refractivity contribution < 1.29 is 18.4 Å². The number of sulfonamides is 1. The second-order valence-electron chi connectivity index (χ2n) is 12.3. The van der Waals surface area contributed by atoms with Gasteiger partial charge in [-0.15, -0.1) is 0 Å². The highest BCUT2D eigenvalue weighted by atomic mass is 32.2. The molecule has 0 radical (unpaired) electrons. The Bertz CT molecular complexity index is 1300. The zero-order valence-corrected chi connectivity index (χ0v) is 22.3. The molecule has 2 aromatic rings. The van der Waals surface area contributed by atoms with E-state index in [1.165, 1.54) is 0 Å². The van der Waals surface area contributed by atoms with Gasteiger partial charge < -0.3 is 5.11 Å². The molecular weight excluding hydrogens is 476 g/mol. The van der Waals surface area contributed by atoms with E-state index in [0.29, 0.717) is 16.7 Å². The van der Waals surface area contributed by atoms with E-state index in [0.717, 1.165) is 55.2 Å². The second kappa shape index (κ2) is 8.55. The van der Waals surface area contributed by atoms with Gasteiger partial charge in [0.1, 0.15) is 0 Å². The van der Waals surface area contributed by atoms with Gasteiger partial charge in [0.2, 0.25) is 10.0 Å². The number of nitro benzene ring substituents is 1. The number of phenolic OH excluding ortho intramolecular Hbond substituents is 1. The third kappa shape index (κ3) is 4.12. The lowest BCUT2D eigenvalue weighted by atomic mass is 9.55. The van der Waals surface area contributed by atoms with Gasteiger partial charge in [-0.05, 0) is 102 Å². The number of rotatable bonds is 4. The lowest BCUT2D eigenvalue weighted by Crippen LogP contribution is -2.50. The number of phenols is 1. The molecule has 0 amide bonds. The molecule has 0 heterocycles. The first-order valence-corrected chi connectivity index (χ1v) is 14.4. The maximum absolute atomic E-state index is 13.3. The average Bonchev–Trinajstić information content (AvgIpc) is 3.13. The molecule has 194 valence electrons. The number of aryl methyl sites for hydroxylation is 1. The summed E-state index contributed by atoms with van der Waals surface area (Å²) in [4.78, 5) is 11.2. The van der Waals surface area contributed by atoms with Gasteiger partial charge in [0.05, 0.1) is 9.82 Å². The maximum atomic E-state index is 13.3. The molecule has 0 spiro atoms. The Morgan fingerprint density at radius 1 is 1.08 bits per heavy atom. The van der Waals surface area contributed by atoms with Crippen molar-refractivity contribution in [2.75, 3.05) is 0 Å². The minimum absolute atomic E-state index is 0.0434. The highest BCUT2D eigenvalue weighted by molar-refractivity contribution is 7.89. The fourth-order valence-corrected chi connectivity index (χ4v) is 8.72. The Morgan fingerprint density at radius 3 is 2.42 bits per heavy atom. The minimum atomic E-state index is -3.65. The van der Waals surface area contributed by atoms with E-state index in [-0.39, 0.29) is 34.2 Å². The number of aromatic hydroxyl groups is 1. The monoisotopic (exact) mass is 512 g/mol. The van der Waals surface area contributed by atoms with Gasteiger partial charge in [0.25, 0.3) is 0 Å². The van der Waals surface area contributed by atoms with Crippen molar-refractivity contribution in [2.24, 2.45) is 17.3 Å². The molecule has 3 aliphatic rings. The van der Waals surface area contributed by atoms with Gasteiger partial charge in [-0.2, -0.15) is 0 Å². The van der Waals surface area contributed by atoms with Gasteiger partial charge in [-0.1, -0.05) is 39.8 Å². The average molecular weight is 513 g/mol. The lowest BCUT2D eigenvalue weighted by molar-refractivity contribution is -0.386. The van der Waals surface area contributed by atoms with Crippen LogP contribution < -0.4 is 4.72 Å². The van der Waals surface area contributed by atoms with Gasteiger partial charge in [-0.25, -0.2) is 13.1 Å². The number of benzene rings is 2. The van der Waals surface area contributed by atoms with E-state index in [2.05, 4.69) is 32.4 Å². The van der Waals surface area contributed by atoms with Gasteiger partial charge in [0, 0.05) is 12.1 Å². The summed E-state index contributed by atoms with van der Waals surface area (Å²) < 4.78 is 29.8. The molecule has 5 atom stereocenters. The molecule has 0 aliphatic heterocycles. The van der Waals surface area contributed by atoms with Crippen LogP contribution in [0.5, 0.6) is 5.75 Å². The smallest absolute Gasteiger partial charge is 0.310 e. The molecule has 0 unspecified atom stereocenters. The molecule has 2 fully saturated rings. The van der Waals surface area contributed by atoms with Gasteiger partial charge >= 0.3 is 5.69 Å². The largest absolute Gasteiger partial charge is 0.502 e. The maximum Gasteiger partial charge on any atom is 0.310 e. The third-order valence-electron chi connectivity index (χ3n) is 9.34. The van der Waals surface area contributed by atoms with Crippen molar-refractivity contribution in [2.45, 2.75) is 88.5 Å². The predicted molar refractivity (Wildman–Crippen MR) is 139 cm³/mol. The molecule has 0 bridgehead atoms. The normalized spacial score (nSPS) is 29.8. The van der Waals surface area contributed by atoms with Crippen molar-refractivity contribution in [1.82, 2.24) is 4.72 Å². The fourth-order valence-electron chi connectivity index (χ4n) is 7.33. The van der Waals surface area contributed by atoms with Crippen LogP contribution in [0.3, 0.4) is 0 Å². The van der Waals surface area contributed by atoms with Crippen molar-refractivity contribution >= 4 is 15.7 Å². The van der Waals surface area contributed by atoms with Crippen LogP contribution in [0.1, 0.15) is 82.4 Å². The van der Waals surface area contributed by atoms with Crippen LogP contribution >= 0.6 is 0 Å². The molecule has 2 N–H and O–H groups in total. The van der Waals surface area contributed by atoms with Crippen molar-refractivity contribution in [3.63, 3.8) is 0 Å². The fraction of sp³-hybridized carbons (Fsp3) is 0.571. The Labute approximate surface area is 213 Å². The summed E-state index contributed by atoms with van der Waals surface area (Å²) in [6.07, 6.45) is 5.22. The van der Waals surface area contributed by atoms with E-state index < -0.39 is 14.9 Å². The number of nitrogens with zero attached hydrogens (tertiary/aromatic N) is 1. The molecule has 5 rings (SSSR count). The highest BCUT2D eigenvalue weighted by Crippen LogP contribution is 2.61. The van der Waals surface area contributed by atoms with Crippen molar-refractivity contribution in [3.05, 3.63) is 63.2 Å². The molecular formula is C28H36N2O5S. The van der Waals surface area contributed by atoms with Gasteiger partial charge in [-0.3, -0.25) is 10.1 Å². The molecule has 8 heteroatoms. The Morgan fingerprint density at radius 2 is 1.78 bits per heavy atom. The summed E-state index contributed by atoms with van der Waals surface area (Å²) in [6.45, 7) is 8.55. The Balaban J connectivity index is 1.38. The zero-order valence-electron chi connectivity index (χ0n) is 21.5. The quantitative estimate of drug-likeness (QED) is 0.397. The van der Waals surface area contributed by atoms with Crippen LogP contribution in [0.25, 0.3) is 0 Å². The first-order valence-electron chi connectivity index (χ1n) is 12.9. The third-order valence-corrected chi connectivity index (χ3v) is 10.8. The van der Waals surface area contributed by atoms with Crippen molar-refractivity contribution in [1.29, 1.82) is 0 Å². The number of hydrogen-bond donors (Lipinski definition) is 2. The SMILES string of the molecule is CC(C)(C)c1ccc(S(=O)(=O)N[C@H]2CC[C@H]3[C@@H]4CCc5cc(O)c([N+](=O)[O-])cc5[C@H]4CC[C@]23C)cc1. The molecule has 3 aliphatic carbocycles. The zero-order chi connectivity index (χ0) is 26.0. The molecule has 2 aromatic carbocycles. The number of hydrogen-bond acceptors (Lipinski definition) is 5. The molecule has 36 heavy (non-hydrogen) atoms. The standard InChI is InChI=1S/C28H36N2O5S/c1-27(2,3)18-6-8-19(9-7-18)36(34,35)29-26-12-11-23-21-10-5-17-15-25(31)24(30(32)33)16-22(17)20(21)13-14-28(23,26)4/h6-9,15-16,20-21,23,26,29,31H,5,10-14H2,1-4H3/t20-,21+,23-,26-,28-/m0/s1. The molecule has 0 aromatic heterocycles. The lowest BCUT2D eigenvalue weighted by Gasteiger charge is -2.50. The van der Waals surface area contributed by atoms with Gasteiger partial charge in [0.15, 0.2) is 5.75 Å². The summed E-state index contributed by atoms with van der Waals surface area (Å²) in [5.41, 5.74) is 2.69. The highest BCUT2D eigenvalue weighted by Gasteiger charge is 2.55. The van der Waals surface area contributed by atoms with Crippen LogP contribution in [0, 0.1) is 27.4 Å². The predicted octanol–water partition coefficient (Wildman–Crippen LogP) is 5.80. The summed E-state index contributed by atoms with van der Waals surface area (Å²) >= 11 is 0. The number of fused-ring (bicyclic) bond motifs is 5. The molecule has 7 nitrogen and oxygen atoms in total. The van der Waals surface area contributed by atoms with Crippen molar-refractivity contribution in [3.8, 4) is 5.75 Å².